The van der Waals surface area contributed by atoms with Crippen LogP contribution in [0.3, 0.4) is 0 Å². The second kappa shape index (κ2) is 7.86. The van der Waals surface area contributed by atoms with E-state index in [-0.39, 0.29) is 17.2 Å². The lowest BCUT2D eigenvalue weighted by molar-refractivity contribution is -0.384. The molecule has 3 rings (SSSR count). The van der Waals surface area contributed by atoms with Crippen molar-refractivity contribution >= 4 is 17.3 Å². The minimum Gasteiger partial charge on any atom is -0.496 e. The Morgan fingerprint density at radius 1 is 1.31 bits per heavy atom. The average Bonchev–Trinajstić information content (AvgIpc) is 3.15. The standard InChI is InChI=1S/C19H21N3O4/c1-26-18-8-7-16(22(24)25)11-17(18)19(23)20-12-14-9-10-21(13-14)15-5-3-2-4-6-15/h2-8,11,14H,9-10,12-13H2,1H3,(H,20,23). The first kappa shape index (κ1) is 17.7. The number of para-hydroxylation sites is 1. The van der Waals surface area contributed by atoms with Crippen molar-refractivity contribution in [2.45, 2.75) is 6.42 Å². The van der Waals surface area contributed by atoms with Gasteiger partial charge in [-0.3, -0.25) is 14.9 Å². The Labute approximate surface area is 151 Å². The van der Waals surface area contributed by atoms with Crippen LogP contribution >= 0.6 is 0 Å². The minimum absolute atomic E-state index is 0.132. The van der Waals surface area contributed by atoms with Crippen molar-refractivity contribution in [2.75, 3.05) is 31.6 Å². The molecule has 0 saturated carbocycles. The third kappa shape index (κ3) is 3.93. The summed E-state index contributed by atoms with van der Waals surface area (Å²) in [7, 11) is 1.44. The van der Waals surface area contributed by atoms with E-state index >= 15 is 0 Å². The largest absolute Gasteiger partial charge is 0.496 e. The fourth-order valence-corrected chi connectivity index (χ4v) is 3.19. The molecule has 2 aromatic carbocycles. The molecule has 0 bridgehead atoms. The minimum atomic E-state index is -0.523. The molecule has 1 atom stereocenters. The molecule has 1 heterocycles. The smallest absolute Gasteiger partial charge is 0.270 e. The van der Waals surface area contributed by atoms with Crippen molar-refractivity contribution in [1.29, 1.82) is 0 Å². The van der Waals surface area contributed by atoms with Crippen LogP contribution in [0, 0.1) is 16.0 Å². The molecule has 0 radical (unpaired) electrons. The Kier molecular flexibility index (Phi) is 5.36. The molecule has 1 N–H and O–H groups in total. The fraction of sp³-hybridized carbons (Fsp3) is 0.316. The highest BCUT2D eigenvalue weighted by atomic mass is 16.6. The quantitative estimate of drug-likeness (QED) is 0.636. The highest BCUT2D eigenvalue weighted by molar-refractivity contribution is 5.97. The predicted octanol–water partition coefficient (Wildman–Crippen LogP) is 2.86. The summed E-state index contributed by atoms with van der Waals surface area (Å²) in [4.78, 5) is 25.2. The topological polar surface area (TPSA) is 84.7 Å². The molecule has 2 aromatic rings. The highest BCUT2D eigenvalue weighted by Gasteiger charge is 2.24. The SMILES string of the molecule is COc1ccc([N+](=O)[O-])cc1C(=O)NCC1CCN(c2ccccc2)C1. The lowest BCUT2D eigenvalue weighted by Gasteiger charge is -2.18. The van der Waals surface area contributed by atoms with Crippen LogP contribution in [0.15, 0.2) is 48.5 Å². The summed E-state index contributed by atoms with van der Waals surface area (Å²) < 4.78 is 5.16. The average molecular weight is 355 g/mol. The van der Waals surface area contributed by atoms with Gasteiger partial charge in [-0.05, 0) is 30.5 Å². The zero-order valence-corrected chi connectivity index (χ0v) is 14.6. The number of methoxy groups -OCH3 is 1. The van der Waals surface area contributed by atoms with E-state index < -0.39 is 4.92 Å². The molecule has 7 heteroatoms. The van der Waals surface area contributed by atoms with Crippen molar-refractivity contribution in [1.82, 2.24) is 5.32 Å². The number of ether oxygens (including phenoxy) is 1. The second-order valence-corrected chi connectivity index (χ2v) is 6.29. The van der Waals surface area contributed by atoms with Gasteiger partial charge in [0.2, 0.25) is 0 Å². The number of non-ortho nitro benzene ring substituents is 1. The Balaban J connectivity index is 1.61. The maximum absolute atomic E-state index is 12.5. The molecule has 1 fully saturated rings. The van der Waals surface area contributed by atoms with Gasteiger partial charge in [0, 0.05) is 37.5 Å². The van der Waals surface area contributed by atoms with E-state index in [1.807, 2.05) is 18.2 Å². The van der Waals surface area contributed by atoms with Gasteiger partial charge >= 0.3 is 0 Å². The number of anilines is 1. The number of nitro benzene ring substituents is 1. The Bertz CT molecular complexity index is 795. The number of nitrogens with one attached hydrogen (secondary N) is 1. The van der Waals surface area contributed by atoms with E-state index in [0.29, 0.717) is 18.2 Å². The zero-order chi connectivity index (χ0) is 18.5. The molecule has 26 heavy (non-hydrogen) atoms. The van der Waals surface area contributed by atoms with Gasteiger partial charge in [-0.2, -0.15) is 0 Å². The molecule has 1 saturated heterocycles. The van der Waals surface area contributed by atoms with Crippen LogP contribution in [0.4, 0.5) is 11.4 Å². The van der Waals surface area contributed by atoms with Crippen molar-refractivity contribution < 1.29 is 14.5 Å². The van der Waals surface area contributed by atoms with E-state index in [1.165, 1.54) is 31.0 Å². The van der Waals surface area contributed by atoms with E-state index in [2.05, 4.69) is 22.3 Å². The Morgan fingerprint density at radius 3 is 2.77 bits per heavy atom. The third-order valence-corrected chi connectivity index (χ3v) is 4.60. The molecule has 7 nitrogen and oxygen atoms in total. The molecule has 136 valence electrons. The summed E-state index contributed by atoms with van der Waals surface area (Å²) in [5.41, 5.74) is 1.23. The van der Waals surface area contributed by atoms with Gasteiger partial charge in [0.25, 0.3) is 11.6 Å². The number of hydrogen-bond donors (Lipinski definition) is 1. The zero-order valence-electron chi connectivity index (χ0n) is 14.6. The summed E-state index contributed by atoms with van der Waals surface area (Å²) in [6.07, 6.45) is 0.987. The maximum Gasteiger partial charge on any atom is 0.270 e. The predicted molar refractivity (Wildman–Crippen MR) is 98.7 cm³/mol. The summed E-state index contributed by atoms with van der Waals surface area (Å²) in [5, 5.41) is 13.8. The van der Waals surface area contributed by atoms with Crippen LogP contribution in [-0.2, 0) is 0 Å². The Hall–Kier alpha value is -3.09. The number of rotatable bonds is 6. The summed E-state index contributed by atoms with van der Waals surface area (Å²) in [6.45, 7) is 2.34. The fourth-order valence-electron chi connectivity index (χ4n) is 3.19. The molecule has 0 aromatic heterocycles. The van der Waals surface area contributed by atoms with Gasteiger partial charge in [0.1, 0.15) is 5.75 Å². The lowest BCUT2D eigenvalue weighted by Crippen LogP contribution is -2.31. The summed E-state index contributed by atoms with van der Waals surface area (Å²) >= 11 is 0. The number of hydrogen-bond acceptors (Lipinski definition) is 5. The Morgan fingerprint density at radius 2 is 2.08 bits per heavy atom. The molecule has 1 aliphatic rings. The van der Waals surface area contributed by atoms with Crippen LogP contribution in [-0.4, -0.2) is 37.6 Å². The molecular formula is C19H21N3O4. The first-order chi connectivity index (χ1) is 12.6. The van der Waals surface area contributed by atoms with Gasteiger partial charge in [-0.1, -0.05) is 18.2 Å². The second-order valence-electron chi connectivity index (χ2n) is 6.29. The number of amides is 1. The molecular weight excluding hydrogens is 334 g/mol. The van der Waals surface area contributed by atoms with Gasteiger partial charge in [-0.15, -0.1) is 0 Å². The number of benzene rings is 2. The molecule has 0 aliphatic carbocycles. The van der Waals surface area contributed by atoms with E-state index in [9.17, 15) is 14.9 Å². The van der Waals surface area contributed by atoms with Crippen LogP contribution in [0.25, 0.3) is 0 Å². The van der Waals surface area contributed by atoms with Crippen molar-refractivity contribution in [3.63, 3.8) is 0 Å². The monoisotopic (exact) mass is 355 g/mol. The third-order valence-electron chi connectivity index (χ3n) is 4.60. The molecule has 0 spiro atoms. The van der Waals surface area contributed by atoms with Crippen LogP contribution < -0.4 is 15.0 Å². The van der Waals surface area contributed by atoms with E-state index in [1.54, 1.807) is 0 Å². The van der Waals surface area contributed by atoms with Gasteiger partial charge in [0.05, 0.1) is 17.6 Å². The number of nitro groups is 1. The normalized spacial score (nSPS) is 16.3. The molecule has 1 amide bonds. The first-order valence-electron chi connectivity index (χ1n) is 8.49. The molecule has 1 aliphatic heterocycles. The van der Waals surface area contributed by atoms with Gasteiger partial charge < -0.3 is 15.0 Å². The highest BCUT2D eigenvalue weighted by Crippen LogP contribution is 2.25. The van der Waals surface area contributed by atoms with Crippen LogP contribution in [0.1, 0.15) is 16.8 Å². The van der Waals surface area contributed by atoms with E-state index in [4.69, 9.17) is 4.74 Å². The van der Waals surface area contributed by atoms with E-state index in [0.717, 1.165) is 19.5 Å². The number of carbonyl (C=O) groups is 1. The number of nitrogens with zero attached hydrogens (tertiary/aromatic N) is 2. The van der Waals surface area contributed by atoms with Crippen molar-refractivity contribution in [2.24, 2.45) is 5.92 Å². The van der Waals surface area contributed by atoms with Crippen LogP contribution in [0.5, 0.6) is 5.75 Å². The first-order valence-corrected chi connectivity index (χ1v) is 8.49. The number of carbonyl (C=O) groups excluding carboxylic acids is 1. The van der Waals surface area contributed by atoms with Gasteiger partial charge in [0.15, 0.2) is 0 Å². The van der Waals surface area contributed by atoms with Crippen molar-refractivity contribution in [3.05, 3.63) is 64.2 Å². The lowest BCUT2D eigenvalue weighted by atomic mass is 10.1. The summed E-state index contributed by atoms with van der Waals surface area (Å²) in [5.74, 6) is 0.304. The van der Waals surface area contributed by atoms with Gasteiger partial charge in [-0.25, -0.2) is 0 Å². The summed E-state index contributed by atoms with van der Waals surface area (Å²) in [6, 6.07) is 14.2. The molecule has 1 unspecified atom stereocenters. The maximum atomic E-state index is 12.5. The van der Waals surface area contributed by atoms with Crippen LogP contribution in [0.2, 0.25) is 0 Å². The van der Waals surface area contributed by atoms with Crippen molar-refractivity contribution in [3.8, 4) is 5.75 Å².